The first-order valence-electron chi connectivity index (χ1n) is 7.01. The number of hydrogen-bond donors (Lipinski definition) is 0. The molecule has 1 aliphatic heterocycles. The normalized spacial score (nSPS) is 15.2. The molecule has 0 radical (unpaired) electrons. The zero-order chi connectivity index (χ0) is 14.3. The molecule has 2 heterocycles. The highest BCUT2D eigenvalue weighted by atomic mass is 15.0. The molecule has 0 saturated carbocycles. The van der Waals surface area contributed by atoms with Crippen molar-refractivity contribution in [2.24, 2.45) is 0 Å². The maximum absolute atomic E-state index is 2.31. The number of rotatable bonds is 2. The van der Waals surface area contributed by atoms with Crippen LogP contribution in [0.4, 0.5) is 0 Å². The van der Waals surface area contributed by atoms with Crippen LogP contribution in [-0.2, 0) is 5.41 Å². The van der Waals surface area contributed by atoms with Crippen LogP contribution in [0.2, 0.25) is 0 Å². The third kappa shape index (κ3) is 1.92. The third-order valence-electron chi connectivity index (χ3n) is 4.02. The summed E-state index contributed by atoms with van der Waals surface area (Å²) in [6, 6.07) is 13.1. The zero-order valence-electron chi connectivity index (χ0n) is 12.6. The minimum atomic E-state index is 0.0541. The lowest BCUT2D eigenvalue weighted by Crippen LogP contribution is -2.34. The van der Waals surface area contributed by atoms with E-state index in [1.165, 1.54) is 22.5 Å². The van der Waals surface area contributed by atoms with Crippen LogP contribution in [-0.4, -0.2) is 19.0 Å². The van der Waals surface area contributed by atoms with Crippen LogP contribution in [0.5, 0.6) is 0 Å². The Morgan fingerprint density at radius 1 is 1.10 bits per heavy atom. The average Bonchev–Trinajstić information content (AvgIpc) is 2.66. The number of hydrogen-bond acceptors (Lipinski definition) is 1. The fraction of sp³-hybridized carbons (Fsp3) is 0.278. The summed E-state index contributed by atoms with van der Waals surface area (Å²) in [7, 11) is 4.08. The smallest absolute Gasteiger partial charge is 0.215 e. The molecule has 2 nitrogen and oxygen atoms in total. The lowest BCUT2D eigenvalue weighted by atomic mass is 9.83. The fourth-order valence-corrected chi connectivity index (χ4v) is 2.90. The molecular formula is C18H21N2+. The quantitative estimate of drug-likeness (QED) is 0.757. The maximum atomic E-state index is 2.31. The van der Waals surface area contributed by atoms with E-state index in [0.29, 0.717) is 0 Å². The first-order chi connectivity index (χ1) is 9.50. The van der Waals surface area contributed by atoms with Crippen LogP contribution in [0.3, 0.4) is 0 Å². The maximum Gasteiger partial charge on any atom is 0.215 e. The molecule has 3 rings (SSSR count). The van der Waals surface area contributed by atoms with Gasteiger partial charge in [0.2, 0.25) is 5.69 Å². The molecule has 0 bridgehead atoms. The van der Waals surface area contributed by atoms with E-state index in [9.17, 15) is 0 Å². The van der Waals surface area contributed by atoms with Crippen molar-refractivity contribution in [3.8, 4) is 5.69 Å². The van der Waals surface area contributed by atoms with Crippen molar-refractivity contribution in [2.45, 2.75) is 19.3 Å². The predicted octanol–water partition coefficient (Wildman–Crippen LogP) is 3.13. The van der Waals surface area contributed by atoms with Crippen molar-refractivity contribution in [2.75, 3.05) is 14.1 Å². The minimum absolute atomic E-state index is 0.0541. The van der Waals surface area contributed by atoms with Crippen LogP contribution in [0.25, 0.3) is 11.8 Å². The Bertz CT molecular complexity index is 682. The molecule has 102 valence electrons. The number of nitrogens with zero attached hydrogens (tertiary/aromatic N) is 2. The Balaban J connectivity index is 2.13. The number of benzene rings is 1. The molecule has 1 aromatic carbocycles. The van der Waals surface area contributed by atoms with E-state index in [1.807, 2.05) is 14.1 Å². The van der Waals surface area contributed by atoms with E-state index in [2.05, 4.69) is 78.2 Å². The molecule has 0 fully saturated rings. The van der Waals surface area contributed by atoms with E-state index in [4.69, 9.17) is 0 Å². The second-order valence-corrected chi connectivity index (χ2v) is 6.14. The summed E-state index contributed by atoms with van der Waals surface area (Å²) in [6.07, 6.45) is 6.42. The van der Waals surface area contributed by atoms with Crippen molar-refractivity contribution < 1.29 is 4.57 Å². The van der Waals surface area contributed by atoms with Crippen LogP contribution < -0.4 is 4.57 Å². The van der Waals surface area contributed by atoms with Crippen LogP contribution >= 0.6 is 0 Å². The molecule has 2 heteroatoms. The van der Waals surface area contributed by atoms with E-state index in [0.717, 1.165) is 0 Å². The van der Waals surface area contributed by atoms with Crippen LogP contribution in [0, 0.1) is 0 Å². The van der Waals surface area contributed by atoms with E-state index in [1.54, 1.807) is 0 Å². The van der Waals surface area contributed by atoms with E-state index >= 15 is 0 Å². The fourth-order valence-electron chi connectivity index (χ4n) is 2.90. The summed E-state index contributed by atoms with van der Waals surface area (Å²) in [5.74, 6) is 0. The molecule has 0 atom stereocenters. The minimum Gasteiger partial charge on any atom is -0.383 e. The molecule has 0 saturated heterocycles. The Labute approximate surface area is 121 Å². The van der Waals surface area contributed by atoms with Crippen molar-refractivity contribution in [1.29, 1.82) is 0 Å². The van der Waals surface area contributed by atoms with Gasteiger partial charge in [0, 0.05) is 37.9 Å². The zero-order valence-corrected chi connectivity index (χ0v) is 12.6. The highest BCUT2D eigenvalue weighted by molar-refractivity contribution is 5.53. The topological polar surface area (TPSA) is 7.12 Å². The summed E-state index contributed by atoms with van der Waals surface area (Å²) in [4.78, 5) is 2.06. The molecule has 0 N–H and O–H groups in total. The Morgan fingerprint density at radius 2 is 1.85 bits per heavy atom. The third-order valence-corrected chi connectivity index (χ3v) is 4.02. The standard InChI is InChI=1S/C18H21N2/c1-18(2)15-7-5-6-8-16(15)20-12-10-14(13-17(18)20)9-11-19(3)4/h5-13H,1-4H3/q+1. The monoisotopic (exact) mass is 265 g/mol. The molecule has 2 aromatic rings. The van der Waals surface area contributed by atoms with E-state index < -0.39 is 0 Å². The van der Waals surface area contributed by atoms with Crippen LogP contribution in [0.15, 0.2) is 48.8 Å². The predicted molar refractivity (Wildman–Crippen MR) is 82.8 cm³/mol. The summed E-state index contributed by atoms with van der Waals surface area (Å²) < 4.78 is 2.31. The van der Waals surface area contributed by atoms with Gasteiger partial charge in [-0.15, -0.1) is 0 Å². The molecule has 0 aliphatic carbocycles. The molecular weight excluding hydrogens is 244 g/mol. The average molecular weight is 265 g/mol. The highest BCUT2D eigenvalue weighted by Gasteiger charge is 2.43. The van der Waals surface area contributed by atoms with Gasteiger partial charge in [-0.3, -0.25) is 0 Å². The summed E-state index contributed by atoms with van der Waals surface area (Å²) >= 11 is 0. The lowest BCUT2D eigenvalue weighted by Gasteiger charge is -2.14. The lowest BCUT2D eigenvalue weighted by molar-refractivity contribution is -0.599. The van der Waals surface area contributed by atoms with Gasteiger partial charge >= 0.3 is 0 Å². The van der Waals surface area contributed by atoms with Gasteiger partial charge in [0.15, 0.2) is 11.9 Å². The van der Waals surface area contributed by atoms with Gasteiger partial charge in [0.05, 0.1) is 5.41 Å². The molecule has 0 spiro atoms. The van der Waals surface area contributed by atoms with Gasteiger partial charge in [-0.2, -0.15) is 4.57 Å². The number of para-hydroxylation sites is 1. The van der Waals surface area contributed by atoms with Gasteiger partial charge in [0.25, 0.3) is 0 Å². The molecule has 1 aromatic heterocycles. The van der Waals surface area contributed by atoms with Gasteiger partial charge < -0.3 is 4.90 Å². The molecule has 1 aliphatic rings. The van der Waals surface area contributed by atoms with Gasteiger partial charge in [0.1, 0.15) is 0 Å². The molecule has 0 unspecified atom stereocenters. The molecule has 20 heavy (non-hydrogen) atoms. The van der Waals surface area contributed by atoms with Gasteiger partial charge in [-0.05, 0) is 31.7 Å². The summed E-state index contributed by atoms with van der Waals surface area (Å²) in [5, 5.41) is 0. The number of fused-ring (bicyclic) bond motifs is 3. The summed E-state index contributed by atoms with van der Waals surface area (Å²) in [5.41, 5.74) is 5.34. The largest absolute Gasteiger partial charge is 0.383 e. The Hall–Kier alpha value is -2.09. The van der Waals surface area contributed by atoms with Gasteiger partial charge in [-0.25, -0.2) is 0 Å². The molecule has 0 amide bonds. The number of aromatic nitrogens is 1. The SMILES string of the molecule is CN(C)C=Cc1cc[n+]2c(c1)C(C)(C)c1ccccc1-2. The summed E-state index contributed by atoms with van der Waals surface area (Å²) in [6.45, 7) is 4.59. The van der Waals surface area contributed by atoms with Crippen molar-refractivity contribution in [1.82, 2.24) is 4.90 Å². The second-order valence-electron chi connectivity index (χ2n) is 6.14. The Kier molecular flexibility index (Phi) is 2.89. The number of pyridine rings is 1. The highest BCUT2D eigenvalue weighted by Crippen LogP contribution is 2.37. The van der Waals surface area contributed by atoms with Crippen LogP contribution in [0.1, 0.15) is 30.7 Å². The van der Waals surface area contributed by atoms with E-state index in [-0.39, 0.29) is 5.41 Å². The van der Waals surface area contributed by atoms with Crippen molar-refractivity contribution in [3.05, 3.63) is 65.6 Å². The first-order valence-corrected chi connectivity index (χ1v) is 7.01. The van der Waals surface area contributed by atoms with Crippen molar-refractivity contribution in [3.63, 3.8) is 0 Å². The van der Waals surface area contributed by atoms with Crippen molar-refractivity contribution >= 4 is 6.08 Å². The Morgan fingerprint density at radius 3 is 2.60 bits per heavy atom. The second kappa shape index (κ2) is 4.48. The van der Waals surface area contributed by atoms with Gasteiger partial charge in [-0.1, -0.05) is 18.2 Å². The first kappa shape index (κ1) is 12.9.